The van der Waals surface area contributed by atoms with Gasteiger partial charge in [0.25, 0.3) is 0 Å². The molecule has 200 valence electrons. The second kappa shape index (κ2) is 15.9. The van der Waals surface area contributed by atoms with Gasteiger partial charge in [-0.3, -0.25) is 0 Å². The molecule has 6 heteroatoms. The van der Waals surface area contributed by atoms with Crippen LogP contribution in [0.3, 0.4) is 0 Å². The van der Waals surface area contributed by atoms with Gasteiger partial charge >= 0.3 is 0 Å². The first-order valence-corrected chi connectivity index (χ1v) is 14.4. The summed E-state index contributed by atoms with van der Waals surface area (Å²) >= 11 is 7.07. The van der Waals surface area contributed by atoms with E-state index in [4.69, 9.17) is 19.3 Å². The molecule has 2 aliphatic rings. The summed E-state index contributed by atoms with van der Waals surface area (Å²) in [5.41, 5.74) is 2.24. The van der Waals surface area contributed by atoms with Gasteiger partial charge in [0.1, 0.15) is 0 Å². The van der Waals surface area contributed by atoms with Crippen molar-refractivity contribution < 1.29 is 19.3 Å². The molecule has 0 amide bonds. The van der Waals surface area contributed by atoms with Crippen LogP contribution in [-0.4, -0.2) is 37.8 Å². The molecule has 2 aromatic rings. The van der Waals surface area contributed by atoms with E-state index in [0.29, 0.717) is 6.61 Å². The number of hydrogen-bond donors (Lipinski definition) is 1. The highest BCUT2D eigenvalue weighted by Crippen LogP contribution is 2.31. The maximum absolute atomic E-state index is 9.15. The van der Waals surface area contributed by atoms with Crippen LogP contribution in [0.2, 0.25) is 0 Å². The van der Waals surface area contributed by atoms with E-state index in [1.54, 1.807) is 6.26 Å². The molecule has 1 fully saturated rings. The Morgan fingerprint density at radius 2 is 1.47 bits per heavy atom. The minimum atomic E-state index is -0.167. The van der Waals surface area contributed by atoms with Crippen molar-refractivity contribution in [3.8, 4) is 0 Å². The van der Waals surface area contributed by atoms with E-state index in [1.807, 2.05) is 50.3 Å². The average Bonchev–Trinajstić information content (AvgIpc) is 2.90. The highest BCUT2D eigenvalue weighted by Gasteiger charge is 2.26. The zero-order valence-corrected chi connectivity index (χ0v) is 25.3. The first-order valence-electron chi connectivity index (χ1n) is 12.8. The predicted molar refractivity (Wildman–Crippen MR) is 155 cm³/mol. The van der Waals surface area contributed by atoms with Crippen molar-refractivity contribution >= 4 is 31.9 Å². The van der Waals surface area contributed by atoms with Crippen molar-refractivity contribution in [1.29, 1.82) is 0 Å². The maximum atomic E-state index is 9.15. The molecule has 0 bridgehead atoms. The van der Waals surface area contributed by atoms with Crippen LogP contribution >= 0.6 is 31.9 Å². The van der Waals surface area contributed by atoms with Gasteiger partial charge < -0.3 is 19.3 Å². The quantitative estimate of drug-likeness (QED) is 0.351. The second-order valence-corrected chi connectivity index (χ2v) is 12.1. The Balaban J connectivity index is 0.000000217. The number of rotatable bonds is 6. The number of allylic oxidation sites excluding steroid dienone is 1. The molecular weight excluding hydrogens is 584 g/mol. The lowest BCUT2D eigenvalue weighted by molar-refractivity contribution is -0.170. The second-order valence-electron chi connectivity index (χ2n) is 10.4. The molecule has 36 heavy (non-hydrogen) atoms. The fourth-order valence-electron chi connectivity index (χ4n) is 3.82. The van der Waals surface area contributed by atoms with E-state index in [9.17, 15) is 0 Å². The first-order chi connectivity index (χ1) is 17.2. The largest absolute Gasteiger partial charge is 0.502 e. The number of hydrogen-bond acceptors (Lipinski definition) is 4. The summed E-state index contributed by atoms with van der Waals surface area (Å²) in [6.07, 6.45) is 9.57. The normalized spacial score (nSPS) is 17.7. The Hall–Kier alpha value is -1.18. The van der Waals surface area contributed by atoms with Crippen molar-refractivity contribution in [1.82, 2.24) is 0 Å². The van der Waals surface area contributed by atoms with Gasteiger partial charge in [-0.2, -0.15) is 0 Å². The minimum Gasteiger partial charge on any atom is -0.502 e. The summed E-state index contributed by atoms with van der Waals surface area (Å²) in [6.45, 7) is 11.0. The molecule has 0 saturated carbocycles. The summed E-state index contributed by atoms with van der Waals surface area (Å²) in [4.78, 5) is 0. The molecule has 2 aliphatic heterocycles. The lowest BCUT2D eigenvalue weighted by Gasteiger charge is -2.30. The Kier molecular flexibility index (Phi) is 13.7. The molecular formula is C30H42Br2O4. The third kappa shape index (κ3) is 10.7. The molecule has 2 heterocycles. The smallest absolute Gasteiger partial charge is 0.157 e. The molecule has 4 nitrogen and oxygen atoms in total. The monoisotopic (exact) mass is 624 g/mol. The number of halogens is 2. The van der Waals surface area contributed by atoms with Crippen LogP contribution in [0.25, 0.3) is 0 Å². The predicted octanol–water partition coefficient (Wildman–Crippen LogP) is 8.30. The van der Waals surface area contributed by atoms with Gasteiger partial charge in [-0.05, 0) is 61.4 Å². The number of ether oxygens (including phenoxy) is 3. The summed E-state index contributed by atoms with van der Waals surface area (Å²) in [6, 6.07) is 16.3. The molecule has 2 aromatic carbocycles. The summed E-state index contributed by atoms with van der Waals surface area (Å²) < 4.78 is 18.6. The first kappa shape index (κ1) is 31.0. The van der Waals surface area contributed by atoms with Crippen LogP contribution in [0.5, 0.6) is 0 Å². The summed E-state index contributed by atoms with van der Waals surface area (Å²) in [5, 5.41) is 9.15. The van der Waals surface area contributed by atoms with Crippen LogP contribution < -0.4 is 0 Å². The highest BCUT2D eigenvalue weighted by atomic mass is 79.9. The van der Waals surface area contributed by atoms with Crippen molar-refractivity contribution in [2.24, 2.45) is 0 Å². The van der Waals surface area contributed by atoms with Crippen LogP contribution in [0.1, 0.15) is 70.9 Å². The van der Waals surface area contributed by atoms with Crippen molar-refractivity contribution in [2.45, 2.75) is 76.9 Å². The topological polar surface area (TPSA) is 47.9 Å². The van der Waals surface area contributed by atoms with Gasteiger partial charge in [0.2, 0.25) is 0 Å². The Labute approximate surface area is 234 Å². The standard InChI is InChI=1S/C15H21BrO2.C10H13BrO.C5H8O/c1-15(2,12-7-3-4-8-13(12)16)11-18-14-9-5-6-10-17-14;1-10(2,7-12)8-5-3-4-6-9(8)11;1-2-4-6-5-3-1/h3-4,7-8,14H,5-6,9-11H2,1-2H3;3-6,12H,7H2,1-2H3;2,4H,1,3,5H2. The Morgan fingerprint density at radius 1 is 0.861 bits per heavy atom. The van der Waals surface area contributed by atoms with E-state index < -0.39 is 0 Å². The van der Waals surface area contributed by atoms with E-state index in [-0.39, 0.29) is 23.7 Å². The van der Waals surface area contributed by atoms with Crippen LogP contribution in [0.15, 0.2) is 69.8 Å². The fraction of sp³-hybridized carbons (Fsp3) is 0.533. The third-order valence-corrected chi connectivity index (χ3v) is 7.58. The van der Waals surface area contributed by atoms with Gasteiger partial charge in [0.05, 0.1) is 26.1 Å². The zero-order valence-electron chi connectivity index (χ0n) is 22.1. The van der Waals surface area contributed by atoms with E-state index in [0.717, 1.165) is 40.6 Å². The molecule has 1 unspecified atom stereocenters. The Morgan fingerprint density at radius 3 is 1.89 bits per heavy atom. The highest BCUT2D eigenvalue weighted by molar-refractivity contribution is 9.10. The molecule has 0 aromatic heterocycles. The van der Waals surface area contributed by atoms with Crippen LogP contribution in [0, 0.1) is 0 Å². The zero-order chi connectivity index (χ0) is 26.4. The summed E-state index contributed by atoms with van der Waals surface area (Å²) in [5.74, 6) is 0. The molecule has 1 atom stereocenters. The van der Waals surface area contributed by atoms with Gasteiger partial charge in [-0.25, -0.2) is 0 Å². The lowest BCUT2D eigenvalue weighted by Crippen LogP contribution is -2.31. The van der Waals surface area contributed by atoms with E-state index in [2.05, 4.69) is 63.9 Å². The molecule has 0 aliphatic carbocycles. The van der Waals surface area contributed by atoms with Gasteiger partial charge in [-0.1, -0.05) is 96.0 Å². The lowest BCUT2D eigenvalue weighted by atomic mass is 9.85. The Bertz CT molecular complexity index is 913. The fourth-order valence-corrected chi connectivity index (χ4v) is 5.46. The minimum absolute atomic E-state index is 0.0130. The molecule has 1 N–H and O–H groups in total. The van der Waals surface area contributed by atoms with Gasteiger partial charge in [0, 0.05) is 26.4 Å². The van der Waals surface area contributed by atoms with Crippen molar-refractivity contribution in [3.63, 3.8) is 0 Å². The third-order valence-electron chi connectivity index (χ3n) is 6.19. The van der Waals surface area contributed by atoms with Gasteiger partial charge in [-0.15, -0.1) is 0 Å². The summed E-state index contributed by atoms with van der Waals surface area (Å²) in [7, 11) is 0. The number of benzene rings is 2. The van der Waals surface area contributed by atoms with Crippen molar-refractivity contribution in [3.05, 3.63) is 80.9 Å². The molecule has 0 radical (unpaired) electrons. The van der Waals surface area contributed by atoms with E-state index >= 15 is 0 Å². The van der Waals surface area contributed by atoms with Gasteiger partial charge in [0.15, 0.2) is 6.29 Å². The van der Waals surface area contributed by atoms with E-state index in [1.165, 1.54) is 24.8 Å². The number of aliphatic hydroxyl groups excluding tert-OH is 1. The average molecular weight is 626 g/mol. The molecule has 1 saturated heterocycles. The number of aliphatic hydroxyl groups is 1. The molecule has 0 spiro atoms. The van der Waals surface area contributed by atoms with Crippen LogP contribution in [-0.2, 0) is 25.0 Å². The van der Waals surface area contributed by atoms with Crippen LogP contribution in [0.4, 0.5) is 0 Å². The maximum Gasteiger partial charge on any atom is 0.157 e. The van der Waals surface area contributed by atoms with Crippen molar-refractivity contribution in [2.75, 3.05) is 26.4 Å². The SMILES string of the molecule is C1=COCCC1.CC(C)(CO)c1ccccc1Br.CC(C)(COC1CCCCO1)c1ccccc1Br. The molecule has 4 rings (SSSR count).